The van der Waals surface area contributed by atoms with Crippen molar-refractivity contribution < 1.29 is 19.1 Å². The third kappa shape index (κ3) is 5.12. The zero-order valence-corrected chi connectivity index (χ0v) is 19.2. The van der Waals surface area contributed by atoms with Crippen LogP contribution in [0.5, 0.6) is 0 Å². The van der Waals surface area contributed by atoms with Crippen molar-refractivity contribution in [3.8, 4) is 11.5 Å². The van der Waals surface area contributed by atoms with Crippen LogP contribution >= 0.6 is 12.2 Å². The highest BCUT2D eigenvalue weighted by molar-refractivity contribution is 7.80. The van der Waals surface area contributed by atoms with E-state index in [2.05, 4.69) is 15.6 Å². The van der Waals surface area contributed by atoms with E-state index in [1.54, 1.807) is 18.2 Å². The number of nitro benzene ring substituents is 2. The second-order valence-corrected chi connectivity index (χ2v) is 8.07. The van der Waals surface area contributed by atoms with Crippen LogP contribution in [0.1, 0.15) is 21.5 Å². The van der Waals surface area contributed by atoms with Gasteiger partial charge in [0.2, 0.25) is 5.89 Å². The second-order valence-electron chi connectivity index (χ2n) is 7.66. The fraction of sp³-hybridized carbons (Fsp3) is 0.0870. The number of aromatic nitrogens is 1. The number of hydrogen-bond acceptors (Lipinski definition) is 8. The Kier molecular flexibility index (Phi) is 6.21. The number of benzene rings is 3. The van der Waals surface area contributed by atoms with E-state index in [1.165, 1.54) is 0 Å². The predicted octanol–water partition coefficient (Wildman–Crippen LogP) is 5.05. The van der Waals surface area contributed by atoms with E-state index in [0.717, 1.165) is 34.9 Å². The summed E-state index contributed by atoms with van der Waals surface area (Å²) in [4.78, 5) is 37.5. The van der Waals surface area contributed by atoms with Gasteiger partial charge in [-0.3, -0.25) is 30.3 Å². The van der Waals surface area contributed by atoms with Gasteiger partial charge in [0.1, 0.15) is 5.52 Å². The number of hydrogen-bond donors (Lipinski definition) is 2. The Hall–Kier alpha value is -4.71. The fourth-order valence-electron chi connectivity index (χ4n) is 3.28. The number of amides is 1. The van der Waals surface area contributed by atoms with Crippen molar-refractivity contribution >= 4 is 51.4 Å². The maximum atomic E-state index is 12.5. The molecule has 1 aromatic heterocycles. The molecular weight excluding hydrogens is 474 g/mol. The molecule has 0 radical (unpaired) electrons. The van der Waals surface area contributed by atoms with Gasteiger partial charge in [0, 0.05) is 23.4 Å². The number of thiocarbonyl (C=S) groups is 1. The van der Waals surface area contributed by atoms with Crippen LogP contribution < -0.4 is 10.6 Å². The molecule has 0 saturated carbocycles. The van der Waals surface area contributed by atoms with E-state index in [9.17, 15) is 25.0 Å². The fourth-order valence-corrected chi connectivity index (χ4v) is 3.49. The molecule has 0 aliphatic carbocycles. The molecule has 0 aliphatic rings. The molecule has 11 nitrogen and oxygen atoms in total. The summed E-state index contributed by atoms with van der Waals surface area (Å²) in [6.07, 6.45) is 0. The van der Waals surface area contributed by atoms with Gasteiger partial charge in [0.05, 0.1) is 21.5 Å². The second kappa shape index (κ2) is 9.27. The van der Waals surface area contributed by atoms with Gasteiger partial charge < -0.3 is 9.73 Å². The minimum atomic E-state index is -0.839. The summed E-state index contributed by atoms with van der Waals surface area (Å²) in [5, 5.41) is 27.2. The Morgan fingerprint density at radius 3 is 2.26 bits per heavy atom. The number of aryl methyl sites for hydroxylation is 2. The van der Waals surface area contributed by atoms with Crippen molar-refractivity contribution in [2.24, 2.45) is 0 Å². The van der Waals surface area contributed by atoms with Gasteiger partial charge >= 0.3 is 0 Å². The minimum absolute atomic E-state index is 0.110. The largest absolute Gasteiger partial charge is 0.436 e. The zero-order chi connectivity index (χ0) is 25.3. The number of carbonyl (C=O) groups excluding carboxylic acids is 1. The van der Waals surface area contributed by atoms with Crippen molar-refractivity contribution in [2.45, 2.75) is 13.8 Å². The quantitative estimate of drug-likeness (QED) is 0.222. The molecule has 0 spiro atoms. The smallest absolute Gasteiger partial charge is 0.277 e. The van der Waals surface area contributed by atoms with Gasteiger partial charge in [-0.25, -0.2) is 4.98 Å². The van der Waals surface area contributed by atoms with Crippen molar-refractivity contribution in [3.63, 3.8) is 0 Å². The highest BCUT2D eigenvalue weighted by Crippen LogP contribution is 2.27. The lowest BCUT2D eigenvalue weighted by molar-refractivity contribution is -0.394. The van der Waals surface area contributed by atoms with Gasteiger partial charge in [-0.05, 0) is 67.5 Å². The van der Waals surface area contributed by atoms with Crippen molar-refractivity contribution in [1.82, 2.24) is 10.3 Å². The minimum Gasteiger partial charge on any atom is -0.436 e. The van der Waals surface area contributed by atoms with E-state index in [-0.39, 0.29) is 10.7 Å². The molecule has 3 aromatic carbocycles. The molecule has 4 rings (SSSR count). The topological polar surface area (TPSA) is 153 Å². The van der Waals surface area contributed by atoms with Gasteiger partial charge in [-0.15, -0.1) is 0 Å². The summed E-state index contributed by atoms with van der Waals surface area (Å²) in [5.41, 5.74) is 3.29. The van der Waals surface area contributed by atoms with Crippen LogP contribution in [-0.4, -0.2) is 25.9 Å². The Labute approximate surface area is 203 Å². The van der Waals surface area contributed by atoms with Crippen LogP contribution in [0, 0.1) is 34.1 Å². The normalized spacial score (nSPS) is 10.7. The first-order valence-corrected chi connectivity index (χ1v) is 10.6. The summed E-state index contributed by atoms with van der Waals surface area (Å²) in [7, 11) is 0. The Morgan fingerprint density at radius 1 is 0.943 bits per heavy atom. The molecule has 1 amide bonds. The molecule has 4 aromatic rings. The first kappa shape index (κ1) is 23.4. The first-order chi connectivity index (χ1) is 16.6. The van der Waals surface area contributed by atoms with Crippen LogP contribution in [0.2, 0.25) is 0 Å². The zero-order valence-electron chi connectivity index (χ0n) is 18.4. The van der Waals surface area contributed by atoms with Crippen LogP contribution in [0.15, 0.2) is 59.0 Å². The van der Waals surface area contributed by atoms with Crippen molar-refractivity contribution in [2.75, 3.05) is 5.32 Å². The standard InChI is InChI=1S/C23H17N5O6S/c1-12-3-4-14(7-13(12)2)22-25-19-10-16(5-6-20(19)34-22)24-23(35)26-21(29)15-8-17(27(30)31)11-18(9-15)28(32)33/h3-11H,1-2H3,(H2,24,26,29,35). The number of anilines is 1. The number of non-ortho nitro benzene ring substituents is 2. The van der Waals surface area contributed by atoms with Gasteiger partial charge in [0.15, 0.2) is 10.7 Å². The first-order valence-electron chi connectivity index (χ1n) is 10.1. The van der Waals surface area contributed by atoms with Crippen LogP contribution in [0.3, 0.4) is 0 Å². The van der Waals surface area contributed by atoms with Crippen LogP contribution in [0.4, 0.5) is 17.1 Å². The van der Waals surface area contributed by atoms with E-state index < -0.39 is 27.1 Å². The molecule has 35 heavy (non-hydrogen) atoms. The Bertz CT molecular complexity index is 1500. The molecular formula is C23H17N5O6S. The van der Waals surface area contributed by atoms with Crippen molar-refractivity contribution in [3.05, 3.63) is 91.5 Å². The van der Waals surface area contributed by atoms with E-state index in [1.807, 2.05) is 32.0 Å². The van der Waals surface area contributed by atoms with Gasteiger partial charge in [-0.2, -0.15) is 0 Å². The molecule has 176 valence electrons. The lowest BCUT2D eigenvalue weighted by Gasteiger charge is -2.09. The molecule has 12 heteroatoms. The highest BCUT2D eigenvalue weighted by Gasteiger charge is 2.20. The average Bonchev–Trinajstić information content (AvgIpc) is 3.23. The maximum absolute atomic E-state index is 12.5. The maximum Gasteiger partial charge on any atom is 0.277 e. The lowest BCUT2D eigenvalue weighted by atomic mass is 10.1. The molecule has 0 bridgehead atoms. The predicted molar refractivity (Wildman–Crippen MR) is 132 cm³/mol. The number of nitrogens with one attached hydrogen (secondary N) is 2. The number of carbonyl (C=O) groups is 1. The summed E-state index contributed by atoms with van der Waals surface area (Å²) >= 11 is 5.16. The third-order valence-electron chi connectivity index (χ3n) is 5.21. The SMILES string of the molecule is Cc1ccc(-c2nc3cc(NC(=S)NC(=O)c4cc([N+](=O)[O-])cc([N+](=O)[O-])c4)ccc3o2)cc1C. The van der Waals surface area contributed by atoms with Gasteiger partial charge in [0.25, 0.3) is 17.3 Å². The van der Waals surface area contributed by atoms with Gasteiger partial charge in [-0.1, -0.05) is 6.07 Å². The monoisotopic (exact) mass is 491 g/mol. The average molecular weight is 491 g/mol. The summed E-state index contributed by atoms with van der Waals surface area (Å²) in [5.74, 6) is -0.378. The Morgan fingerprint density at radius 2 is 1.63 bits per heavy atom. The van der Waals surface area contributed by atoms with Crippen LogP contribution in [-0.2, 0) is 0 Å². The number of oxazole rings is 1. The number of fused-ring (bicyclic) bond motifs is 1. The molecule has 0 unspecified atom stereocenters. The molecule has 1 heterocycles. The highest BCUT2D eigenvalue weighted by atomic mass is 32.1. The molecule has 2 N–H and O–H groups in total. The van der Waals surface area contributed by atoms with E-state index in [4.69, 9.17) is 16.6 Å². The number of nitro groups is 2. The summed E-state index contributed by atoms with van der Waals surface area (Å²) in [6.45, 7) is 4.02. The van der Waals surface area contributed by atoms with Crippen LogP contribution in [0.25, 0.3) is 22.6 Å². The molecule has 0 atom stereocenters. The number of rotatable bonds is 5. The summed E-state index contributed by atoms with van der Waals surface area (Å²) < 4.78 is 5.84. The molecule has 0 fully saturated rings. The number of nitrogens with zero attached hydrogens (tertiary/aromatic N) is 3. The van der Waals surface area contributed by atoms with Crippen molar-refractivity contribution in [1.29, 1.82) is 0 Å². The third-order valence-corrected chi connectivity index (χ3v) is 5.42. The Balaban J connectivity index is 1.51. The molecule has 0 saturated heterocycles. The lowest BCUT2D eigenvalue weighted by Crippen LogP contribution is -2.34. The van der Waals surface area contributed by atoms with E-state index >= 15 is 0 Å². The molecule has 0 aliphatic heterocycles. The summed E-state index contributed by atoms with van der Waals surface area (Å²) in [6, 6.07) is 13.6. The van der Waals surface area contributed by atoms with E-state index in [0.29, 0.717) is 22.7 Å².